The number of rotatable bonds is 4. The van der Waals surface area contributed by atoms with Crippen molar-refractivity contribution >= 4 is 24.4 Å². The molecule has 0 aromatic carbocycles. The minimum absolute atomic E-state index is 0.770. The number of aromatic nitrogens is 1. The van der Waals surface area contributed by atoms with Gasteiger partial charge in [-0.3, -0.25) is 0 Å². The molecule has 0 spiro atoms. The summed E-state index contributed by atoms with van der Waals surface area (Å²) in [5.74, 6) is -0.0584. The fourth-order valence-electron chi connectivity index (χ4n) is 2.14. The second-order valence-corrected chi connectivity index (χ2v) is 6.58. The van der Waals surface area contributed by atoms with Gasteiger partial charge in [0, 0.05) is 11.4 Å². The fourth-order valence-corrected chi connectivity index (χ4v) is 4.06. The molecule has 5 heteroatoms. The average molecular weight is 278 g/mol. The van der Waals surface area contributed by atoms with Crippen molar-refractivity contribution < 1.29 is 0 Å². The van der Waals surface area contributed by atoms with E-state index in [0.717, 1.165) is 28.3 Å². The molecule has 18 heavy (non-hydrogen) atoms. The largest absolute Gasteiger partial charge is 0.768 e. The molecule has 1 rings (SSSR count). The van der Waals surface area contributed by atoms with Crippen LogP contribution in [0.3, 0.4) is 0 Å². The third kappa shape index (κ3) is 2.39. The van der Waals surface area contributed by atoms with E-state index in [4.69, 9.17) is 12.6 Å². The second kappa shape index (κ2) is 5.73. The van der Waals surface area contributed by atoms with Crippen LogP contribution in [-0.4, -0.2) is 10.7 Å². The summed E-state index contributed by atoms with van der Waals surface area (Å²) in [5, 5.41) is 18.4. The van der Waals surface area contributed by atoms with Gasteiger partial charge in [-0.25, -0.2) is 0 Å². The number of aromatic amines is 1. The number of hydrogen-bond donors (Lipinski definition) is 1. The van der Waals surface area contributed by atoms with E-state index in [9.17, 15) is 10.5 Å². The summed E-state index contributed by atoms with van der Waals surface area (Å²) >= 11 is 7.15. The normalized spacial score (nSPS) is 14.0. The van der Waals surface area contributed by atoms with Gasteiger partial charge in [0.2, 0.25) is 0 Å². The van der Waals surface area contributed by atoms with Crippen LogP contribution < -0.4 is 0 Å². The first-order chi connectivity index (χ1) is 8.42. The summed E-state index contributed by atoms with van der Waals surface area (Å²) < 4.78 is -0.892. The van der Waals surface area contributed by atoms with E-state index in [1.807, 2.05) is 39.8 Å². The summed E-state index contributed by atoms with van der Waals surface area (Å²) in [6.45, 7) is 7.89. The minimum atomic E-state index is -0.892. The van der Waals surface area contributed by atoms with Crippen molar-refractivity contribution in [3.63, 3.8) is 0 Å². The molecule has 1 unspecified atom stereocenters. The van der Waals surface area contributed by atoms with Crippen molar-refractivity contribution in [2.45, 2.75) is 31.8 Å². The minimum Gasteiger partial charge on any atom is -0.768 e. The molecule has 96 valence electrons. The zero-order valence-electron chi connectivity index (χ0n) is 11.0. The molecule has 1 aromatic rings. The van der Waals surface area contributed by atoms with Gasteiger partial charge in [-0.1, -0.05) is 6.92 Å². The van der Waals surface area contributed by atoms with Crippen molar-refractivity contribution in [3.8, 4) is 12.1 Å². The van der Waals surface area contributed by atoms with Gasteiger partial charge in [-0.05, 0) is 41.7 Å². The molecule has 3 nitrogen and oxygen atoms in total. The Morgan fingerprint density at radius 3 is 2.17 bits per heavy atom. The number of thioether (sulfide) groups is 1. The summed E-state index contributed by atoms with van der Waals surface area (Å²) in [6, 6.07) is 4.08. The SMILES string of the molecule is CCSC([S-])(c1c(C)[nH]c(C)c1C)C(C#N)C#N. The highest BCUT2D eigenvalue weighted by atomic mass is 32.2. The zero-order valence-corrected chi connectivity index (χ0v) is 12.6. The van der Waals surface area contributed by atoms with Crippen molar-refractivity contribution in [3.05, 3.63) is 22.5 Å². The molecule has 0 radical (unpaired) electrons. The highest BCUT2D eigenvalue weighted by Gasteiger charge is 2.32. The molecule has 1 atom stereocenters. The summed E-state index contributed by atoms with van der Waals surface area (Å²) in [4.78, 5) is 3.24. The Hall–Kier alpha value is -1.04. The summed E-state index contributed by atoms with van der Waals surface area (Å²) in [7, 11) is 0. The number of aryl methyl sites for hydroxylation is 2. The molecule has 0 aliphatic rings. The standard InChI is InChI=1S/C13H17N3S2/c1-5-18-13(17,11(6-14)7-15)12-8(2)9(3)16-10(12)4/h11,16-17H,5H2,1-4H3/p-1. The van der Waals surface area contributed by atoms with Crippen LogP contribution in [0.5, 0.6) is 0 Å². The second-order valence-electron chi connectivity index (χ2n) is 4.17. The molecular weight excluding hydrogens is 262 g/mol. The molecule has 0 saturated carbocycles. The lowest BCUT2D eigenvalue weighted by atomic mass is 9.97. The van der Waals surface area contributed by atoms with Gasteiger partial charge < -0.3 is 17.6 Å². The molecule has 0 amide bonds. The first kappa shape index (κ1) is 15.0. The number of hydrogen-bond acceptors (Lipinski definition) is 4. The maximum absolute atomic E-state index is 9.18. The Bertz CT molecular complexity index is 508. The first-order valence-electron chi connectivity index (χ1n) is 5.72. The van der Waals surface area contributed by atoms with Crippen LogP contribution in [0.15, 0.2) is 0 Å². The Labute approximate surface area is 118 Å². The quantitative estimate of drug-likeness (QED) is 0.860. The van der Waals surface area contributed by atoms with E-state index in [1.165, 1.54) is 11.8 Å². The van der Waals surface area contributed by atoms with Gasteiger partial charge in [0.25, 0.3) is 0 Å². The fraction of sp³-hybridized carbons (Fsp3) is 0.538. The molecule has 0 bridgehead atoms. The van der Waals surface area contributed by atoms with Gasteiger partial charge in [-0.15, -0.1) is 0 Å². The number of nitrogens with one attached hydrogen (secondary N) is 1. The summed E-state index contributed by atoms with van der Waals surface area (Å²) in [6.07, 6.45) is 0. The Balaban J connectivity index is 3.46. The Morgan fingerprint density at radius 2 is 1.83 bits per heavy atom. The molecule has 0 aliphatic heterocycles. The molecule has 0 saturated heterocycles. The van der Waals surface area contributed by atoms with Crippen LogP contribution in [0.25, 0.3) is 0 Å². The van der Waals surface area contributed by atoms with Crippen LogP contribution in [0.2, 0.25) is 0 Å². The van der Waals surface area contributed by atoms with Crippen LogP contribution >= 0.6 is 11.8 Å². The molecule has 1 heterocycles. The van der Waals surface area contributed by atoms with Crippen LogP contribution in [0.1, 0.15) is 29.4 Å². The van der Waals surface area contributed by atoms with E-state index >= 15 is 0 Å². The van der Waals surface area contributed by atoms with Gasteiger partial charge in [0.1, 0.15) is 5.92 Å². The molecule has 1 N–H and O–H groups in total. The van der Waals surface area contributed by atoms with E-state index < -0.39 is 10.00 Å². The molecule has 1 aromatic heterocycles. The lowest BCUT2D eigenvalue weighted by molar-refractivity contribution is 0.749. The third-order valence-corrected chi connectivity index (χ3v) is 4.98. The lowest BCUT2D eigenvalue weighted by Gasteiger charge is -2.42. The van der Waals surface area contributed by atoms with Crippen molar-refractivity contribution in [1.29, 1.82) is 10.5 Å². The maximum Gasteiger partial charge on any atom is 0.130 e. The summed E-state index contributed by atoms with van der Waals surface area (Å²) in [5.41, 5.74) is 3.98. The number of nitrogens with zero attached hydrogens (tertiary/aromatic N) is 2. The predicted molar refractivity (Wildman–Crippen MR) is 76.9 cm³/mol. The molecular formula is C13H16N3S2-. The first-order valence-corrected chi connectivity index (χ1v) is 7.11. The average Bonchev–Trinajstić information content (AvgIpc) is 2.55. The lowest BCUT2D eigenvalue weighted by Crippen LogP contribution is -2.29. The smallest absolute Gasteiger partial charge is 0.130 e. The zero-order chi connectivity index (χ0) is 13.9. The molecule has 0 fully saturated rings. The van der Waals surface area contributed by atoms with Crippen LogP contribution in [-0.2, 0) is 16.7 Å². The highest BCUT2D eigenvalue weighted by Crippen LogP contribution is 2.45. The van der Waals surface area contributed by atoms with Crippen molar-refractivity contribution in [2.24, 2.45) is 5.92 Å². The van der Waals surface area contributed by atoms with E-state index in [2.05, 4.69) is 4.98 Å². The van der Waals surface area contributed by atoms with Crippen molar-refractivity contribution in [1.82, 2.24) is 4.98 Å². The monoisotopic (exact) mass is 278 g/mol. The Kier molecular flexibility index (Phi) is 4.78. The number of nitriles is 2. The highest BCUT2D eigenvalue weighted by molar-refractivity contribution is 8.06. The maximum atomic E-state index is 9.18. The van der Waals surface area contributed by atoms with Gasteiger partial charge in [0.15, 0.2) is 0 Å². The topological polar surface area (TPSA) is 63.4 Å². The van der Waals surface area contributed by atoms with Crippen molar-refractivity contribution in [2.75, 3.05) is 5.75 Å². The van der Waals surface area contributed by atoms with Gasteiger partial charge >= 0.3 is 0 Å². The van der Waals surface area contributed by atoms with E-state index in [0.29, 0.717) is 0 Å². The molecule has 0 aliphatic carbocycles. The third-order valence-electron chi connectivity index (χ3n) is 3.03. The van der Waals surface area contributed by atoms with Crippen LogP contribution in [0, 0.1) is 49.4 Å². The Morgan fingerprint density at radius 1 is 1.28 bits per heavy atom. The predicted octanol–water partition coefficient (Wildman–Crippen LogP) is 3.06. The van der Waals surface area contributed by atoms with Crippen LogP contribution in [0.4, 0.5) is 0 Å². The van der Waals surface area contributed by atoms with E-state index in [1.54, 1.807) is 0 Å². The van der Waals surface area contributed by atoms with E-state index in [-0.39, 0.29) is 0 Å². The van der Waals surface area contributed by atoms with Gasteiger partial charge in [0.05, 0.1) is 12.1 Å². The van der Waals surface area contributed by atoms with Gasteiger partial charge in [-0.2, -0.15) is 22.3 Å². The number of H-pyrrole nitrogens is 1.